The van der Waals surface area contributed by atoms with Crippen LogP contribution in [0.15, 0.2) is 36.7 Å². The number of fused-ring (bicyclic) bond motifs is 1. The number of carbonyl (C=O) groups excluding carboxylic acids is 1. The first-order chi connectivity index (χ1) is 15.9. The number of halogens is 2. The molecular weight excluding hydrogens is 432 g/mol. The van der Waals surface area contributed by atoms with Crippen molar-refractivity contribution in [2.24, 2.45) is 5.92 Å². The Labute approximate surface area is 190 Å². The minimum absolute atomic E-state index is 0.0545. The van der Waals surface area contributed by atoms with Crippen molar-refractivity contribution in [3.8, 4) is 28.5 Å². The number of pyridine rings is 1. The van der Waals surface area contributed by atoms with Gasteiger partial charge in [0.05, 0.1) is 19.0 Å². The fourth-order valence-corrected chi connectivity index (χ4v) is 3.66. The van der Waals surface area contributed by atoms with Crippen LogP contribution in [0.1, 0.15) is 29.6 Å². The van der Waals surface area contributed by atoms with Crippen LogP contribution in [0.3, 0.4) is 0 Å². The number of hydrogen-bond acceptors (Lipinski definition) is 6. The molecule has 0 saturated heterocycles. The molecule has 0 amide bonds. The molecule has 1 aromatic carbocycles. The summed E-state index contributed by atoms with van der Waals surface area (Å²) in [6, 6.07) is 6.72. The van der Waals surface area contributed by atoms with E-state index in [0.29, 0.717) is 41.6 Å². The van der Waals surface area contributed by atoms with Crippen molar-refractivity contribution in [1.29, 1.82) is 0 Å². The highest BCUT2D eigenvalue weighted by atomic mass is 19.3. The van der Waals surface area contributed by atoms with Gasteiger partial charge in [0.25, 0.3) is 0 Å². The summed E-state index contributed by atoms with van der Waals surface area (Å²) >= 11 is 0. The molecule has 0 radical (unpaired) electrons. The summed E-state index contributed by atoms with van der Waals surface area (Å²) in [6.07, 6.45) is 5.67. The highest BCUT2D eigenvalue weighted by Crippen LogP contribution is 2.40. The van der Waals surface area contributed by atoms with Crippen LogP contribution >= 0.6 is 0 Å². The predicted molar refractivity (Wildman–Crippen MR) is 120 cm³/mol. The number of likely N-dealkylation sites (N-methyl/N-ethyl adjacent to an activating group) is 1. The molecule has 0 spiro atoms. The molecule has 0 unspecified atom stereocenters. The largest absolute Gasteiger partial charge is 0.496 e. The van der Waals surface area contributed by atoms with Crippen molar-refractivity contribution in [2.45, 2.75) is 25.9 Å². The number of nitrogens with zero attached hydrogens (tertiary/aromatic N) is 3. The number of aromatic nitrogens is 2. The average molecular weight is 459 g/mol. The molecule has 0 N–H and O–H groups in total. The molecule has 33 heavy (non-hydrogen) atoms. The van der Waals surface area contributed by atoms with E-state index in [1.54, 1.807) is 24.5 Å². The van der Waals surface area contributed by atoms with Crippen molar-refractivity contribution in [3.63, 3.8) is 0 Å². The van der Waals surface area contributed by atoms with Crippen LogP contribution in [0.5, 0.6) is 17.2 Å². The Bertz CT molecular complexity index is 1140. The van der Waals surface area contributed by atoms with Crippen LogP contribution < -0.4 is 14.2 Å². The maximum atomic E-state index is 13.2. The molecule has 9 heteroatoms. The van der Waals surface area contributed by atoms with E-state index in [1.807, 2.05) is 29.5 Å². The van der Waals surface area contributed by atoms with Crippen LogP contribution in [-0.4, -0.2) is 61.0 Å². The Morgan fingerprint density at radius 2 is 2.00 bits per heavy atom. The zero-order chi connectivity index (χ0) is 23.5. The second kappa shape index (κ2) is 9.74. The molecule has 1 aliphatic rings. The maximum absolute atomic E-state index is 13.2. The molecule has 1 aliphatic carbocycles. The van der Waals surface area contributed by atoms with Crippen LogP contribution in [0, 0.1) is 5.92 Å². The Hall–Kier alpha value is -3.20. The first kappa shape index (κ1) is 23.0. The van der Waals surface area contributed by atoms with Crippen molar-refractivity contribution >= 4 is 11.4 Å². The van der Waals surface area contributed by atoms with Crippen LogP contribution in [0.2, 0.25) is 0 Å². The molecule has 7 nitrogen and oxygen atoms in total. The predicted octanol–water partition coefficient (Wildman–Crippen LogP) is 4.53. The summed E-state index contributed by atoms with van der Waals surface area (Å²) in [5.74, 6) is 0.737. The molecule has 176 valence electrons. The molecular formula is C24H27F2N3O4. The molecule has 0 bridgehead atoms. The minimum atomic E-state index is -3.07. The number of ketones is 1. The maximum Gasteiger partial charge on any atom is 0.387 e. The van der Waals surface area contributed by atoms with Crippen LogP contribution in [0.25, 0.3) is 16.9 Å². The zero-order valence-corrected chi connectivity index (χ0v) is 18.9. The number of ether oxygens (including phenoxy) is 3. The van der Waals surface area contributed by atoms with Gasteiger partial charge in [-0.1, -0.05) is 0 Å². The van der Waals surface area contributed by atoms with E-state index in [2.05, 4.69) is 4.98 Å². The molecule has 0 atom stereocenters. The van der Waals surface area contributed by atoms with E-state index in [-0.39, 0.29) is 22.8 Å². The van der Waals surface area contributed by atoms with Gasteiger partial charge in [-0.05, 0) is 51.1 Å². The summed E-state index contributed by atoms with van der Waals surface area (Å²) in [5.41, 5.74) is 1.87. The fraction of sp³-hybridized carbons (Fsp3) is 0.417. The summed E-state index contributed by atoms with van der Waals surface area (Å²) in [6.45, 7) is -1.75. The van der Waals surface area contributed by atoms with Gasteiger partial charge in [-0.3, -0.25) is 9.20 Å². The van der Waals surface area contributed by atoms with Crippen LogP contribution in [-0.2, 0) is 0 Å². The van der Waals surface area contributed by atoms with E-state index in [0.717, 1.165) is 19.4 Å². The van der Waals surface area contributed by atoms with Gasteiger partial charge in [-0.25, -0.2) is 4.98 Å². The molecule has 0 aliphatic heterocycles. The molecule has 4 rings (SSSR count). The third kappa shape index (κ3) is 5.42. The number of imidazole rings is 1. The molecule has 2 aromatic heterocycles. The van der Waals surface area contributed by atoms with Gasteiger partial charge < -0.3 is 19.1 Å². The van der Waals surface area contributed by atoms with Crippen molar-refractivity contribution in [3.05, 3.63) is 42.2 Å². The molecule has 3 aromatic rings. The lowest BCUT2D eigenvalue weighted by Crippen LogP contribution is -2.19. The SMILES string of the molecule is COc1cc(-c2cnc3cc(OCCN(C)C)ccn23)cc(OC(F)F)c1C(=O)CC1CC1. The van der Waals surface area contributed by atoms with Crippen molar-refractivity contribution < 1.29 is 27.8 Å². The second-order valence-corrected chi connectivity index (χ2v) is 8.39. The van der Waals surface area contributed by atoms with E-state index >= 15 is 0 Å². The third-order valence-electron chi connectivity index (χ3n) is 5.54. The highest BCUT2D eigenvalue weighted by molar-refractivity contribution is 6.02. The Morgan fingerprint density at radius 1 is 1.24 bits per heavy atom. The third-order valence-corrected chi connectivity index (χ3v) is 5.54. The smallest absolute Gasteiger partial charge is 0.387 e. The topological polar surface area (TPSA) is 65.3 Å². The summed E-state index contributed by atoms with van der Waals surface area (Å²) < 4.78 is 44.1. The second-order valence-electron chi connectivity index (χ2n) is 8.39. The van der Waals surface area contributed by atoms with Crippen molar-refractivity contribution in [2.75, 3.05) is 34.4 Å². The monoisotopic (exact) mass is 459 g/mol. The Kier molecular flexibility index (Phi) is 6.78. The van der Waals surface area contributed by atoms with E-state index in [9.17, 15) is 13.6 Å². The van der Waals surface area contributed by atoms with Gasteiger partial charge in [-0.2, -0.15) is 8.78 Å². The van der Waals surface area contributed by atoms with Gasteiger partial charge in [0.1, 0.15) is 35.1 Å². The summed E-state index contributed by atoms with van der Waals surface area (Å²) in [7, 11) is 5.35. The number of alkyl halides is 2. The first-order valence-electron chi connectivity index (χ1n) is 10.8. The fourth-order valence-electron chi connectivity index (χ4n) is 3.66. The number of benzene rings is 1. The number of Topliss-reactive ketones (excluding diaryl/α,β-unsaturated/α-hetero) is 1. The summed E-state index contributed by atoms with van der Waals surface area (Å²) in [4.78, 5) is 19.3. The molecule has 2 heterocycles. The lowest BCUT2D eigenvalue weighted by molar-refractivity contribution is -0.0502. The van der Waals surface area contributed by atoms with Gasteiger partial charge in [0.2, 0.25) is 0 Å². The normalized spacial score (nSPS) is 13.7. The van der Waals surface area contributed by atoms with Crippen LogP contribution in [0.4, 0.5) is 8.78 Å². The van der Waals surface area contributed by atoms with Gasteiger partial charge in [0.15, 0.2) is 5.78 Å². The molecule has 1 fully saturated rings. The summed E-state index contributed by atoms with van der Waals surface area (Å²) in [5, 5.41) is 0. The van der Waals surface area contributed by atoms with Gasteiger partial charge in [-0.15, -0.1) is 0 Å². The highest BCUT2D eigenvalue weighted by Gasteiger charge is 2.29. The number of methoxy groups -OCH3 is 1. The number of rotatable bonds is 11. The zero-order valence-electron chi connectivity index (χ0n) is 18.9. The number of carbonyl (C=O) groups is 1. The van der Waals surface area contributed by atoms with Crippen molar-refractivity contribution in [1.82, 2.24) is 14.3 Å². The lowest BCUT2D eigenvalue weighted by atomic mass is 10.00. The first-order valence-corrected chi connectivity index (χ1v) is 10.8. The number of hydrogen-bond donors (Lipinski definition) is 0. The Morgan fingerprint density at radius 3 is 2.67 bits per heavy atom. The molecule has 1 saturated carbocycles. The van der Waals surface area contributed by atoms with Gasteiger partial charge in [0, 0.05) is 30.8 Å². The lowest BCUT2D eigenvalue weighted by Gasteiger charge is -2.16. The minimum Gasteiger partial charge on any atom is -0.496 e. The average Bonchev–Trinajstić information content (AvgIpc) is 3.47. The standard InChI is InChI=1S/C24H27F2N3O4/c1-28(2)8-9-32-17-6-7-29-18(14-27-22(29)13-17)16-11-20(31-3)23(19(30)10-15-4-5-15)21(12-16)33-24(25)26/h6-7,11-15,24H,4-5,8-10H2,1-3H3. The Balaban J connectivity index is 1.69. The quantitative estimate of drug-likeness (QED) is 0.393. The van der Waals surface area contributed by atoms with E-state index in [4.69, 9.17) is 14.2 Å². The van der Waals surface area contributed by atoms with Gasteiger partial charge >= 0.3 is 6.61 Å². The van der Waals surface area contributed by atoms with E-state index < -0.39 is 6.61 Å². The van der Waals surface area contributed by atoms with E-state index in [1.165, 1.54) is 13.2 Å².